The number of nitrogens with zero attached hydrogens (tertiary/aromatic N) is 5. The van der Waals surface area contributed by atoms with Gasteiger partial charge in [0.15, 0.2) is 0 Å². The Kier molecular flexibility index (Phi) is 5.61. The summed E-state index contributed by atoms with van der Waals surface area (Å²) in [7, 11) is 3.89. The molecule has 0 fully saturated rings. The number of hydrogen-bond acceptors (Lipinski definition) is 6. The van der Waals surface area contributed by atoms with Crippen molar-refractivity contribution in [1.82, 2.24) is 19.5 Å². The SMILES string of the molecule is Cc1nccn1-c1cc(Nc2ccc(NC(=O)c3cccc(N(C)C)c3)cc2)ncn1. The van der Waals surface area contributed by atoms with E-state index in [4.69, 9.17) is 0 Å². The van der Waals surface area contributed by atoms with E-state index in [0.29, 0.717) is 17.1 Å². The van der Waals surface area contributed by atoms with Crippen molar-refractivity contribution in [2.45, 2.75) is 6.92 Å². The van der Waals surface area contributed by atoms with Gasteiger partial charge in [0, 0.05) is 55.2 Å². The van der Waals surface area contributed by atoms with E-state index in [9.17, 15) is 4.79 Å². The monoisotopic (exact) mass is 413 g/mol. The minimum atomic E-state index is -0.152. The minimum absolute atomic E-state index is 0.152. The Morgan fingerprint density at radius 1 is 0.968 bits per heavy atom. The van der Waals surface area contributed by atoms with Crippen molar-refractivity contribution < 1.29 is 4.79 Å². The molecule has 0 unspecified atom stereocenters. The molecule has 31 heavy (non-hydrogen) atoms. The van der Waals surface area contributed by atoms with Gasteiger partial charge in [0.2, 0.25) is 0 Å². The zero-order valence-corrected chi connectivity index (χ0v) is 17.6. The maximum atomic E-state index is 12.6. The van der Waals surface area contributed by atoms with Crippen molar-refractivity contribution in [3.05, 3.63) is 84.7 Å². The Labute approximate surface area is 180 Å². The first-order valence-electron chi connectivity index (χ1n) is 9.78. The van der Waals surface area contributed by atoms with Crippen molar-refractivity contribution in [2.24, 2.45) is 0 Å². The molecule has 2 N–H and O–H groups in total. The number of benzene rings is 2. The molecule has 0 bridgehead atoms. The Morgan fingerprint density at radius 2 is 1.74 bits per heavy atom. The Hall–Kier alpha value is -4.20. The Balaban J connectivity index is 1.44. The molecular formula is C23H23N7O. The summed E-state index contributed by atoms with van der Waals surface area (Å²) in [5.41, 5.74) is 3.14. The number of anilines is 4. The highest BCUT2D eigenvalue weighted by atomic mass is 16.1. The van der Waals surface area contributed by atoms with E-state index >= 15 is 0 Å². The predicted octanol–water partition coefficient (Wildman–Crippen LogP) is 4.03. The minimum Gasteiger partial charge on any atom is -0.378 e. The molecule has 0 aliphatic heterocycles. The van der Waals surface area contributed by atoms with Crippen LogP contribution in [0.5, 0.6) is 0 Å². The van der Waals surface area contributed by atoms with Crippen LogP contribution in [0.4, 0.5) is 22.9 Å². The van der Waals surface area contributed by atoms with Crippen LogP contribution in [0.25, 0.3) is 5.82 Å². The molecule has 8 heteroatoms. The lowest BCUT2D eigenvalue weighted by Crippen LogP contribution is -2.14. The number of rotatable bonds is 6. The number of nitrogens with one attached hydrogen (secondary N) is 2. The fourth-order valence-electron chi connectivity index (χ4n) is 3.08. The van der Waals surface area contributed by atoms with E-state index < -0.39 is 0 Å². The topological polar surface area (TPSA) is 88.0 Å². The van der Waals surface area contributed by atoms with Gasteiger partial charge in [-0.15, -0.1) is 0 Å². The normalized spacial score (nSPS) is 10.5. The molecule has 8 nitrogen and oxygen atoms in total. The molecule has 0 spiro atoms. The highest BCUT2D eigenvalue weighted by molar-refractivity contribution is 6.04. The van der Waals surface area contributed by atoms with Gasteiger partial charge in [-0.05, 0) is 49.4 Å². The fourth-order valence-corrected chi connectivity index (χ4v) is 3.08. The molecule has 156 valence electrons. The average molecular weight is 413 g/mol. The number of amides is 1. The van der Waals surface area contributed by atoms with Crippen molar-refractivity contribution in [1.29, 1.82) is 0 Å². The van der Waals surface area contributed by atoms with E-state index in [1.165, 1.54) is 6.33 Å². The van der Waals surface area contributed by atoms with Crippen LogP contribution in [0.15, 0.2) is 73.3 Å². The quantitative estimate of drug-likeness (QED) is 0.496. The zero-order valence-electron chi connectivity index (χ0n) is 17.6. The summed E-state index contributed by atoms with van der Waals surface area (Å²) in [5, 5.41) is 6.18. The summed E-state index contributed by atoms with van der Waals surface area (Å²) in [6.07, 6.45) is 5.09. The number of imidazole rings is 1. The molecule has 4 rings (SSSR count). The second-order valence-corrected chi connectivity index (χ2v) is 7.21. The van der Waals surface area contributed by atoms with Gasteiger partial charge in [-0.25, -0.2) is 15.0 Å². The molecule has 0 aliphatic rings. The van der Waals surface area contributed by atoms with Crippen molar-refractivity contribution in [3.63, 3.8) is 0 Å². The van der Waals surface area contributed by atoms with Gasteiger partial charge in [0.05, 0.1) is 0 Å². The van der Waals surface area contributed by atoms with Gasteiger partial charge in [0.25, 0.3) is 5.91 Å². The maximum absolute atomic E-state index is 12.6. The van der Waals surface area contributed by atoms with Crippen LogP contribution in [-0.2, 0) is 0 Å². The molecule has 4 aromatic rings. The average Bonchev–Trinajstić information content (AvgIpc) is 3.21. The molecule has 2 aromatic carbocycles. The Morgan fingerprint density at radius 3 is 2.45 bits per heavy atom. The summed E-state index contributed by atoms with van der Waals surface area (Å²) in [6, 6.07) is 16.8. The standard InChI is InChI=1S/C23H23N7O/c1-16-24-11-12-30(16)22-14-21(25-15-26-22)27-18-7-9-19(10-8-18)28-23(31)17-5-4-6-20(13-17)29(2)3/h4-15H,1-3H3,(H,28,31)(H,25,26,27). The lowest BCUT2D eigenvalue weighted by Gasteiger charge is -2.13. The number of carbonyl (C=O) groups excluding carboxylic acids is 1. The predicted molar refractivity (Wildman–Crippen MR) is 122 cm³/mol. The number of aromatic nitrogens is 4. The number of aryl methyl sites for hydroxylation is 1. The zero-order chi connectivity index (χ0) is 21.8. The van der Waals surface area contributed by atoms with Crippen molar-refractivity contribution in [2.75, 3.05) is 29.6 Å². The molecule has 2 aromatic heterocycles. The van der Waals surface area contributed by atoms with Crippen LogP contribution >= 0.6 is 0 Å². The van der Waals surface area contributed by atoms with Gasteiger partial charge in [0.1, 0.15) is 23.8 Å². The van der Waals surface area contributed by atoms with E-state index in [1.54, 1.807) is 12.3 Å². The lowest BCUT2D eigenvalue weighted by molar-refractivity contribution is 0.102. The number of hydrogen-bond donors (Lipinski definition) is 2. The van der Waals surface area contributed by atoms with Crippen LogP contribution in [0.3, 0.4) is 0 Å². The first-order valence-corrected chi connectivity index (χ1v) is 9.78. The smallest absolute Gasteiger partial charge is 0.255 e. The van der Waals surface area contributed by atoms with Gasteiger partial charge >= 0.3 is 0 Å². The molecular weight excluding hydrogens is 390 g/mol. The summed E-state index contributed by atoms with van der Waals surface area (Å²) in [5.74, 6) is 2.09. The summed E-state index contributed by atoms with van der Waals surface area (Å²) in [4.78, 5) is 27.3. The summed E-state index contributed by atoms with van der Waals surface area (Å²) >= 11 is 0. The molecule has 0 saturated heterocycles. The molecule has 0 saturated carbocycles. The largest absolute Gasteiger partial charge is 0.378 e. The lowest BCUT2D eigenvalue weighted by atomic mass is 10.1. The third-order valence-corrected chi connectivity index (χ3v) is 4.77. The van der Waals surface area contributed by atoms with Crippen molar-refractivity contribution in [3.8, 4) is 5.82 Å². The van der Waals surface area contributed by atoms with Crippen LogP contribution in [0.2, 0.25) is 0 Å². The summed E-state index contributed by atoms with van der Waals surface area (Å²) in [6.45, 7) is 1.92. The van der Waals surface area contributed by atoms with Crippen LogP contribution in [-0.4, -0.2) is 39.5 Å². The molecule has 1 amide bonds. The van der Waals surface area contributed by atoms with Crippen LogP contribution in [0.1, 0.15) is 16.2 Å². The molecule has 2 heterocycles. The van der Waals surface area contributed by atoms with E-state index in [2.05, 4.69) is 25.6 Å². The highest BCUT2D eigenvalue weighted by Gasteiger charge is 2.08. The van der Waals surface area contributed by atoms with Crippen molar-refractivity contribution >= 4 is 28.8 Å². The van der Waals surface area contributed by atoms with Crippen LogP contribution < -0.4 is 15.5 Å². The molecule has 0 aliphatic carbocycles. The van der Waals surface area contributed by atoms with Gasteiger partial charge < -0.3 is 15.5 Å². The summed E-state index contributed by atoms with van der Waals surface area (Å²) < 4.78 is 1.89. The second-order valence-electron chi connectivity index (χ2n) is 7.21. The van der Waals surface area contributed by atoms with E-state index in [1.807, 2.05) is 85.2 Å². The first-order chi connectivity index (χ1) is 15.0. The maximum Gasteiger partial charge on any atom is 0.255 e. The van der Waals surface area contributed by atoms with E-state index in [-0.39, 0.29) is 5.91 Å². The van der Waals surface area contributed by atoms with Gasteiger partial charge in [-0.2, -0.15) is 0 Å². The third kappa shape index (κ3) is 4.69. The first kappa shape index (κ1) is 20.1. The fraction of sp³-hybridized carbons (Fsp3) is 0.130. The van der Waals surface area contributed by atoms with E-state index in [0.717, 1.165) is 23.0 Å². The molecule has 0 radical (unpaired) electrons. The highest BCUT2D eigenvalue weighted by Crippen LogP contribution is 2.20. The second kappa shape index (κ2) is 8.66. The van der Waals surface area contributed by atoms with Crippen LogP contribution in [0, 0.1) is 6.92 Å². The number of carbonyl (C=O) groups is 1. The molecule has 0 atom stereocenters. The van der Waals surface area contributed by atoms with Gasteiger partial charge in [-0.1, -0.05) is 6.07 Å². The third-order valence-electron chi connectivity index (χ3n) is 4.77. The van der Waals surface area contributed by atoms with Gasteiger partial charge in [-0.3, -0.25) is 9.36 Å². The Bertz CT molecular complexity index is 1200.